The van der Waals surface area contributed by atoms with E-state index in [9.17, 15) is 8.42 Å². The number of sulfonamides is 1. The second kappa shape index (κ2) is 10.6. The van der Waals surface area contributed by atoms with Crippen molar-refractivity contribution in [2.24, 2.45) is 0 Å². The van der Waals surface area contributed by atoms with Crippen molar-refractivity contribution in [1.82, 2.24) is 14.7 Å². The fourth-order valence-corrected chi connectivity index (χ4v) is 6.39. The van der Waals surface area contributed by atoms with Gasteiger partial charge in [0.25, 0.3) is 0 Å². The van der Waals surface area contributed by atoms with E-state index in [1.54, 1.807) is 18.3 Å². The molecule has 2 saturated heterocycles. The van der Waals surface area contributed by atoms with Crippen LogP contribution in [0.25, 0.3) is 22.4 Å². The van der Waals surface area contributed by atoms with E-state index in [-0.39, 0.29) is 30.6 Å². The van der Waals surface area contributed by atoms with Crippen LogP contribution in [0.5, 0.6) is 0 Å². The van der Waals surface area contributed by atoms with Gasteiger partial charge in [0.05, 0.1) is 36.7 Å². The molecule has 2 aliphatic heterocycles. The van der Waals surface area contributed by atoms with Gasteiger partial charge in [-0.3, -0.25) is 0 Å². The van der Waals surface area contributed by atoms with Crippen LogP contribution in [0.4, 0.5) is 5.95 Å². The van der Waals surface area contributed by atoms with Gasteiger partial charge in [0.15, 0.2) is 0 Å². The number of hydrogen-bond acceptors (Lipinski definition) is 7. The Morgan fingerprint density at radius 2 is 1.34 bits per heavy atom. The van der Waals surface area contributed by atoms with Crippen LogP contribution in [-0.4, -0.2) is 55.9 Å². The Morgan fingerprint density at radius 3 is 2.08 bits per heavy atom. The van der Waals surface area contributed by atoms with Gasteiger partial charge in [0, 0.05) is 11.8 Å². The molecule has 0 radical (unpaired) electrons. The zero-order chi connectivity index (χ0) is 26.0. The Balaban J connectivity index is 1.10. The minimum absolute atomic E-state index is 0.0869. The molecule has 4 unspecified atom stereocenters. The zero-order valence-corrected chi connectivity index (χ0v) is 21.4. The first kappa shape index (κ1) is 24.7. The summed E-state index contributed by atoms with van der Waals surface area (Å²) < 4.78 is 40.2. The third kappa shape index (κ3) is 5.46. The number of nitrogens with zero attached hydrogens (tertiary/aromatic N) is 2. The van der Waals surface area contributed by atoms with Gasteiger partial charge in [-0.05, 0) is 22.8 Å². The summed E-state index contributed by atoms with van der Waals surface area (Å²) in [4.78, 5) is 9.09. The van der Waals surface area contributed by atoms with Crippen molar-refractivity contribution >= 4 is 16.0 Å². The summed E-state index contributed by atoms with van der Waals surface area (Å²) in [5, 5.41) is 3.33. The summed E-state index contributed by atoms with van der Waals surface area (Å²) in [6.45, 7) is 0.613. The first-order valence-corrected chi connectivity index (χ1v) is 14.2. The van der Waals surface area contributed by atoms with E-state index in [4.69, 9.17) is 14.5 Å². The predicted octanol–water partition coefficient (Wildman–Crippen LogP) is 3.88. The quantitative estimate of drug-likeness (QED) is 0.358. The minimum atomic E-state index is -3.55. The molecular formula is C29H28N4O4S. The lowest BCUT2D eigenvalue weighted by Crippen LogP contribution is -2.45. The maximum atomic E-state index is 12.7. The zero-order valence-electron chi connectivity index (χ0n) is 20.6. The number of benzene rings is 3. The van der Waals surface area contributed by atoms with E-state index >= 15 is 0 Å². The third-order valence-electron chi connectivity index (χ3n) is 6.84. The lowest BCUT2D eigenvalue weighted by Gasteiger charge is -2.18. The lowest BCUT2D eigenvalue weighted by molar-refractivity contribution is 0.0690. The molecule has 0 spiro atoms. The fourth-order valence-electron chi connectivity index (χ4n) is 5.01. The average Bonchev–Trinajstić information content (AvgIpc) is 3.52. The summed E-state index contributed by atoms with van der Waals surface area (Å²) in [7, 11) is -3.55. The first-order chi connectivity index (χ1) is 18.5. The van der Waals surface area contributed by atoms with Gasteiger partial charge in [-0.25, -0.2) is 23.1 Å². The number of ether oxygens (including phenoxy) is 2. The average molecular weight is 529 g/mol. The molecule has 38 heavy (non-hydrogen) atoms. The first-order valence-electron chi connectivity index (χ1n) is 12.6. The summed E-state index contributed by atoms with van der Waals surface area (Å²) in [6.07, 6.45) is 1.03. The van der Waals surface area contributed by atoms with Gasteiger partial charge >= 0.3 is 0 Å². The van der Waals surface area contributed by atoms with E-state index in [1.807, 2.05) is 42.5 Å². The fraction of sp³-hybridized carbons (Fsp3) is 0.241. The van der Waals surface area contributed by atoms with Crippen LogP contribution in [0.1, 0.15) is 5.56 Å². The molecule has 0 amide bonds. The van der Waals surface area contributed by atoms with Crippen molar-refractivity contribution in [3.8, 4) is 22.4 Å². The summed E-state index contributed by atoms with van der Waals surface area (Å²) in [5.41, 5.74) is 4.83. The van der Waals surface area contributed by atoms with Crippen LogP contribution in [0.15, 0.2) is 97.2 Å². The Bertz CT molecular complexity index is 1480. The molecule has 2 aliphatic rings. The Kier molecular flexibility index (Phi) is 6.90. The molecular weight excluding hydrogens is 500 g/mol. The highest BCUT2D eigenvalue weighted by molar-refractivity contribution is 7.88. The van der Waals surface area contributed by atoms with Crippen LogP contribution < -0.4 is 10.0 Å². The Morgan fingerprint density at radius 1 is 0.737 bits per heavy atom. The topological polar surface area (TPSA) is 102 Å². The minimum Gasteiger partial charge on any atom is -0.371 e. The largest absolute Gasteiger partial charge is 0.371 e. The van der Waals surface area contributed by atoms with Crippen molar-refractivity contribution in [2.75, 3.05) is 18.5 Å². The van der Waals surface area contributed by atoms with E-state index in [1.165, 1.54) is 0 Å². The standard InChI is InChI=1S/C29H28N4O4S/c34-38(35,19-20-7-3-1-4-8-20)33-26-18-37-27-25(17-36-28(26)27)32-29-30-16-15-24(31-29)23-13-11-22(12-14-23)21-9-5-2-6-10-21/h1-16,25-28,33H,17-19H2,(H,30,31,32). The van der Waals surface area contributed by atoms with E-state index in [0.717, 1.165) is 27.9 Å². The maximum absolute atomic E-state index is 12.7. The SMILES string of the molecule is O=S(=O)(Cc1ccccc1)NC1COC2C(Nc3nccc(-c4ccc(-c5ccccc5)cc4)n3)COC12. The van der Waals surface area contributed by atoms with Crippen LogP contribution >= 0.6 is 0 Å². The molecule has 194 valence electrons. The molecule has 4 atom stereocenters. The number of fused-ring (bicyclic) bond motifs is 1. The molecule has 3 heterocycles. The number of aromatic nitrogens is 2. The van der Waals surface area contributed by atoms with Gasteiger partial charge in [-0.1, -0.05) is 84.9 Å². The number of nitrogens with one attached hydrogen (secondary N) is 2. The van der Waals surface area contributed by atoms with Gasteiger partial charge < -0.3 is 14.8 Å². The van der Waals surface area contributed by atoms with E-state index in [0.29, 0.717) is 12.6 Å². The van der Waals surface area contributed by atoms with Crippen LogP contribution in [-0.2, 0) is 25.2 Å². The molecule has 8 nitrogen and oxygen atoms in total. The molecule has 6 rings (SSSR count). The molecule has 0 bridgehead atoms. The summed E-state index contributed by atoms with van der Waals surface area (Å²) in [5.74, 6) is 0.386. The van der Waals surface area contributed by atoms with Gasteiger partial charge in [-0.15, -0.1) is 0 Å². The molecule has 4 aromatic rings. The van der Waals surface area contributed by atoms with Crippen LogP contribution in [0, 0.1) is 0 Å². The molecule has 9 heteroatoms. The van der Waals surface area contributed by atoms with Crippen molar-refractivity contribution in [3.05, 3.63) is 103 Å². The highest BCUT2D eigenvalue weighted by Crippen LogP contribution is 2.30. The monoisotopic (exact) mass is 528 g/mol. The van der Waals surface area contributed by atoms with E-state index in [2.05, 4.69) is 51.4 Å². The third-order valence-corrected chi connectivity index (χ3v) is 8.22. The molecule has 2 N–H and O–H groups in total. The second-order valence-corrected chi connectivity index (χ2v) is 11.3. The normalized spacial score (nSPS) is 22.7. The summed E-state index contributed by atoms with van der Waals surface area (Å²) in [6, 6.07) is 28.8. The lowest BCUT2D eigenvalue weighted by atomic mass is 10.0. The van der Waals surface area contributed by atoms with Gasteiger partial charge in [0.2, 0.25) is 16.0 Å². The van der Waals surface area contributed by atoms with Crippen LogP contribution in [0.3, 0.4) is 0 Å². The van der Waals surface area contributed by atoms with Crippen molar-refractivity contribution in [3.63, 3.8) is 0 Å². The van der Waals surface area contributed by atoms with Gasteiger partial charge in [-0.2, -0.15) is 0 Å². The van der Waals surface area contributed by atoms with E-state index < -0.39 is 16.1 Å². The smallest absolute Gasteiger partial charge is 0.223 e. The van der Waals surface area contributed by atoms with Crippen molar-refractivity contribution in [2.45, 2.75) is 30.0 Å². The van der Waals surface area contributed by atoms with Crippen molar-refractivity contribution in [1.29, 1.82) is 0 Å². The maximum Gasteiger partial charge on any atom is 0.223 e. The predicted molar refractivity (Wildman–Crippen MR) is 146 cm³/mol. The second-order valence-electron chi connectivity index (χ2n) is 9.52. The number of anilines is 1. The molecule has 3 aromatic carbocycles. The molecule has 1 aromatic heterocycles. The number of rotatable bonds is 8. The highest BCUT2D eigenvalue weighted by atomic mass is 32.2. The highest BCUT2D eigenvalue weighted by Gasteiger charge is 2.49. The Hall–Kier alpha value is -3.63. The summed E-state index contributed by atoms with van der Waals surface area (Å²) >= 11 is 0. The molecule has 0 saturated carbocycles. The van der Waals surface area contributed by atoms with Gasteiger partial charge in [0.1, 0.15) is 12.2 Å². The van der Waals surface area contributed by atoms with Crippen LogP contribution in [0.2, 0.25) is 0 Å². The van der Waals surface area contributed by atoms with Crippen molar-refractivity contribution < 1.29 is 17.9 Å². The molecule has 2 fully saturated rings. The molecule has 0 aliphatic carbocycles. The number of hydrogen-bond donors (Lipinski definition) is 2. The Labute approximate surface area is 222 Å².